The summed E-state index contributed by atoms with van der Waals surface area (Å²) in [5.41, 5.74) is 8.43. The van der Waals surface area contributed by atoms with Crippen molar-refractivity contribution >= 4 is 28.1 Å². The molecule has 4 nitrogen and oxygen atoms in total. The number of nitrogens with zero attached hydrogens (tertiary/aromatic N) is 2. The van der Waals surface area contributed by atoms with Crippen LogP contribution in [0.4, 0.5) is 0 Å². The Morgan fingerprint density at radius 3 is 2.71 bits per heavy atom. The van der Waals surface area contributed by atoms with Gasteiger partial charge in [-0.1, -0.05) is 42.5 Å². The summed E-state index contributed by atoms with van der Waals surface area (Å²) in [5.74, 6) is 0.680. The molecule has 3 rings (SSSR count). The molecule has 5 heteroatoms. The molecule has 0 unspecified atom stereocenters. The van der Waals surface area contributed by atoms with E-state index in [0.717, 1.165) is 22.2 Å². The van der Waals surface area contributed by atoms with Crippen LogP contribution in [0.2, 0.25) is 0 Å². The van der Waals surface area contributed by atoms with Crippen molar-refractivity contribution in [2.24, 2.45) is 12.8 Å². The van der Waals surface area contributed by atoms with Gasteiger partial charge in [0.25, 0.3) is 0 Å². The van der Waals surface area contributed by atoms with E-state index in [9.17, 15) is 0 Å². The van der Waals surface area contributed by atoms with Gasteiger partial charge in [0.1, 0.15) is 23.0 Å². The van der Waals surface area contributed by atoms with Crippen molar-refractivity contribution in [3.05, 3.63) is 59.8 Å². The largest absolute Gasteiger partial charge is 0.486 e. The van der Waals surface area contributed by atoms with E-state index in [1.807, 2.05) is 60.3 Å². The van der Waals surface area contributed by atoms with Gasteiger partial charge >= 0.3 is 0 Å². The van der Waals surface area contributed by atoms with Crippen molar-refractivity contribution in [2.75, 3.05) is 0 Å². The van der Waals surface area contributed by atoms with Crippen LogP contribution in [0.25, 0.3) is 10.9 Å². The lowest BCUT2D eigenvalue weighted by atomic mass is 10.2. The van der Waals surface area contributed by atoms with E-state index in [1.165, 1.54) is 0 Å². The number of thiocarbonyl (C=S) groups is 1. The van der Waals surface area contributed by atoms with Crippen LogP contribution in [0.3, 0.4) is 0 Å². The van der Waals surface area contributed by atoms with Gasteiger partial charge in [0.15, 0.2) is 0 Å². The lowest BCUT2D eigenvalue weighted by molar-refractivity contribution is 0.301. The van der Waals surface area contributed by atoms with E-state index in [-0.39, 0.29) is 0 Å². The smallest absolute Gasteiger partial charge is 0.133 e. The minimum Gasteiger partial charge on any atom is -0.486 e. The summed E-state index contributed by atoms with van der Waals surface area (Å²) in [5, 5.41) is 5.60. The monoisotopic (exact) mass is 297 g/mol. The lowest BCUT2D eigenvalue weighted by Crippen LogP contribution is -2.11. The topological polar surface area (TPSA) is 53.1 Å². The van der Waals surface area contributed by atoms with Crippen molar-refractivity contribution in [1.82, 2.24) is 9.78 Å². The molecule has 0 bridgehead atoms. The van der Waals surface area contributed by atoms with Gasteiger partial charge in [-0.3, -0.25) is 4.68 Å². The predicted octanol–water partition coefficient (Wildman–Crippen LogP) is 2.79. The fourth-order valence-electron chi connectivity index (χ4n) is 2.34. The summed E-state index contributed by atoms with van der Waals surface area (Å²) < 4.78 is 7.72. The number of para-hydroxylation sites is 2. The Morgan fingerprint density at radius 1 is 1.19 bits per heavy atom. The average molecular weight is 297 g/mol. The first-order valence-electron chi connectivity index (χ1n) is 6.59. The number of aryl methyl sites for hydroxylation is 1. The highest BCUT2D eigenvalue weighted by Gasteiger charge is 2.10. The Bertz CT molecular complexity index is 810. The molecule has 0 spiro atoms. The molecule has 2 N–H and O–H groups in total. The Kier molecular flexibility index (Phi) is 3.58. The fraction of sp³-hybridized carbons (Fsp3) is 0.125. The minimum atomic E-state index is 0.330. The van der Waals surface area contributed by atoms with Gasteiger partial charge in [-0.05, 0) is 18.2 Å². The number of nitrogens with two attached hydrogens (primary N) is 1. The summed E-state index contributed by atoms with van der Waals surface area (Å²) in [7, 11) is 1.93. The molecule has 0 atom stereocenters. The fourth-order valence-corrected chi connectivity index (χ4v) is 2.51. The molecule has 21 heavy (non-hydrogen) atoms. The van der Waals surface area contributed by atoms with Crippen LogP contribution in [-0.2, 0) is 13.7 Å². The van der Waals surface area contributed by atoms with Crippen molar-refractivity contribution in [3.63, 3.8) is 0 Å². The summed E-state index contributed by atoms with van der Waals surface area (Å²) in [6, 6.07) is 15.6. The summed E-state index contributed by atoms with van der Waals surface area (Å²) in [6.07, 6.45) is 0. The molecule has 0 radical (unpaired) electrons. The number of ether oxygens (including phenoxy) is 1. The third kappa shape index (κ3) is 2.60. The molecule has 1 aromatic heterocycles. The second-order valence-corrected chi connectivity index (χ2v) is 5.18. The minimum absolute atomic E-state index is 0.330. The molecule has 3 aromatic rings. The first-order chi connectivity index (χ1) is 10.2. The van der Waals surface area contributed by atoms with E-state index in [2.05, 4.69) is 5.10 Å². The molecule has 1 heterocycles. The average Bonchev–Trinajstić information content (AvgIpc) is 2.82. The Labute approximate surface area is 128 Å². The van der Waals surface area contributed by atoms with Crippen LogP contribution in [0.15, 0.2) is 48.5 Å². The highest BCUT2D eigenvalue weighted by Crippen LogP contribution is 2.22. The third-order valence-electron chi connectivity index (χ3n) is 3.35. The van der Waals surface area contributed by atoms with Gasteiger partial charge in [0, 0.05) is 12.4 Å². The van der Waals surface area contributed by atoms with Crippen LogP contribution in [0, 0.1) is 0 Å². The lowest BCUT2D eigenvalue weighted by Gasteiger charge is -2.09. The molecule has 2 aromatic carbocycles. The number of fused-ring (bicyclic) bond motifs is 1. The van der Waals surface area contributed by atoms with Gasteiger partial charge in [-0.15, -0.1) is 0 Å². The van der Waals surface area contributed by atoms with E-state index in [1.54, 1.807) is 0 Å². The third-order valence-corrected chi connectivity index (χ3v) is 3.57. The number of hydrogen-bond donors (Lipinski definition) is 1. The van der Waals surface area contributed by atoms with E-state index < -0.39 is 0 Å². The van der Waals surface area contributed by atoms with E-state index in [0.29, 0.717) is 17.3 Å². The predicted molar refractivity (Wildman–Crippen MR) is 87.4 cm³/mol. The van der Waals surface area contributed by atoms with Crippen molar-refractivity contribution in [1.29, 1.82) is 0 Å². The summed E-state index contributed by atoms with van der Waals surface area (Å²) in [6.45, 7) is 0.376. The molecular formula is C16H15N3OS. The molecule has 0 amide bonds. The molecule has 0 aliphatic heterocycles. The molecule has 0 aliphatic carbocycles. The molecule has 106 valence electrons. The highest BCUT2D eigenvalue weighted by molar-refractivity contribution is 7.80. The second-order valence-electron chi connectivity index (χ2n) is 4.74. The van der Waals surface area contributed by atoms with E-state index >= 15 is 0 Å². The maximum atomic E-state index is 5.86. The summed E-state index contributed by atoms with van der Waals surface area (Å²) >= 11 is 5.04. The zero-order chi connectivity index (χ0) is 14.8. The Morgan fingerprint density at radius 2 is 1.90 bits per heavy atom. The van der Waals surface area contributed by atoms with Crippen LogP contribution in [-0.4, -0.2) is 14.8 Å². The van der Waals surface area contributed by atoms with Crippen LogP contribution in [0.1, 0.15) is 11.3 Å². The zero-order valence-electron chi connectivity index (χ0n) is 11.6. The zero-order valence-corrected chi connectivity index (χ0v) is 12.4. The Hall–Kier alpha value is -2.40. The van der Waals surface area contributed by atoms with Crippen LogP contribution < -0.4 is 10.5 Å². The standard InChI is InChI=1S/C16H15N3OS/c1-19-14-8-4-2-6-11(14)13(18-19)10-20-15-9-5-3-7-12(15)16(17)21/h2-9H,10H2,1H3,(H2,17,21). The maximum absolute atomic E-state index is 5.86. The molecule has 0 saturated carbocycles. The second kappa shape index (κ2) is 5.54. The molecule has 0 aliphatic rings. The molecule has 0 saturated heterocycles. The van der Waals surface area contributed by atoms with E-state index in [4.69, 9.17) is 22.7 Å². The number of aromatic nitrogens is 2. The SMILES string of the molecule is Cn1nc(COc2ccccc2C(N)=S)c2ccccc21. The van der Waals surface area contributed by atoms with Gasteiger partial charge in [0.05, 0.1) is 11.1 Å². The number of benzene rings is 2. The number of rotatable bonds is 4. The molecular weight excluding hydrogens is 282 g/mol. The normalized spacial score (nSPS) is 10.7. The van der Waals surface area contributed by atoms with Crippen LogP contribution in [0.5, 0.6) is 5.75 Å². The van der Waals surface area contributed by atoms with Crippen molar-refractivity contribution in [3.8, 4) is 5.75 Å². The van der Waals surface area contributed by atoms with Crippen LogP contribution >= 0.6 is 12.2 Å². The van der Waals surface area contributed by atoms with Crippen molar-refractivity contribution < 1.29 is 4.74 Å². The van der Waals surface area contributed by atoms with Crippen molar-refractivity contribution in [2.45, 2.75) is 6.61 Å². The summed E-state index contributed by atoms with van der Waals surface area (Å²) in [4.78, 5) is 0.330. The highest BCUT2D eigenvalue weighted by atomic mass is 32.1. The Balaban J connectivity index is 1.89. The number of hydrogen-bond acceptors (Lipinski definition) is 3. The van der Waals surface area contributed by atoms with Gasteiger partial charge in [-0.25, -0.2) is 0 Å². The quantitative estimate of drug-likeness (QED) is 0.752. The molecule has 0 fully saturated rings. The van der Waals surface area contributed by atoms with Gasteiger partial charge in [0.2, 0.25) is 0 Å². The maximum Gasteiger partial charge on any atom is 0.133 e. The van der Waals surface area contributed by atoms with Gasteiger partial charge < -0.3 is 10.5 Å². The first-order valence-corrected chi connectivity index (χ1v) is 7.00. The first kappa shape index (κ1) is 13.6. The van der Waals surface area contributed by atoms with Gasteiger partial charge in [-0.2, -0.15) is 5.10 Å².